The fourth-order valence-corrected chi connectivity index (χ4v) is 1.22. The number of rotatable bonds is 2. The summed E-state index contributed by atoms with van der Waals surface area (Å²) in [6, 6.07) is 5.39. The molecule has 0 heterocycles. The van der Waals surface area contributed by atoms with Crippen molar-refractivity contribution in [1.82, 2.24) is 5.32 Å². The van der Waals surface area contributed by atoms with Crippen molar-refractivity contribution >= 4 is 23.2 Å². The lowest BCUT2D eigenvalue weighted by Crippen LogP contribution is -2.05. The minimum atomic E-state index is 0.548. The van der Waals surface area contributed by atoms with Gasteiger partial charge in [-0.05, 0) is 25.2 Å². The lowest BCUT2D eigenvalue weighted by molar-refractivity contribution is 0.818. The number of nitrogens with one attached hydrogen (secondary N) is 1. The lowest BCUT2D eigenvalue weighted by Gasteiger charge is -1.95. The Morgan fingerprint density at radius 2 is 2.07 bits per heavy atom. The van der Waals surface area contributed by atoms with Crippen molar-refractivity contribution in [2.75, 3.05) is 13.6 Å². The standard InChI is InChI=1S/C11H11Cl2N/c1-14-7-3-2-4-9-5-6-10(12)11(13)8-9/h5-6,8,14H,3,7H2,1H3. The second-order valence-electron chi connectivity index (χ2n) is 2.78. The van der Waals surface area contributed by atoms with Crippen molar-refractivity contribution in [2.45, 2.75) is 6.42 Å². The first-order valence-electron chi connectivity index (χ1n) is 4.32. The van der Waals surface area contributed by atoms with Gasteiger partial charge in [-0.25, -0.2) is 0 Å². The molecule has 0 fully saturated rings. The Labute approximate surface area is 94.4 Å². The van der Waals surface area contributed by atoms with E-state index in [-0.39, 0.29) is 0 Å². The van der Waals surface area contributed by atoms with Gasteiger partial charge in [0.1, 0.15) is 0 Å². The molecule has 3 heteroatoms. The Kier molecular flexibility index (Phi) is 4.82. The normalized spacial score (nSPS) is 9.36. The highest BCUT2D eigenvalue weighted by Gasteiger charge is 1.95. The summed E-state index contributed by atoms with van der Waals surface area (Å²) in [5.74, 6) is 6.05. The minimum absolute atomic E-state index is 0.548. The molecule has 0 spiro atoms. The predicted molar refractivity (Wildman–Crippen MR) is 61.9 cm³/mol. The number of benzene rings is 1. The smallest absolute Gasteiger partial charge is 0.0604 e. The highest BCUT2D eigenvalue weighted by Crippen LogP contribution is 2.21. The van der Waals surface area contributed by atoms with Gasteiger partial charge < -0.3 is 5.32 Å². The molecular formula is C11H11Cl2N. The first-order valence-corrected chi connectivity index (χ1v) is 5.08. The highest BCUT2D eigenvalue weighted by atomic mass is 35.5. The zero-order valence-corrected chi connectivity index (χ0v) is 9.41. The first kappa shape index (κ1) is 11.4. The molecule has 0 unspecified atom stereocenters. The second-order valence-corrected chi connectivity index (χ2v) is 3.60. The molecule has 0 aliphatic heterocycles. The van der Waals surface area contributed by atoms with Crippen molar-refractivity contribution in [3.8, 4) is 11.8 Å². The Morgan fingerprint density at radius 1 is 1.29 bits per heavy atom. The van der Waals surface area contributed by atoms with E-state index in [4.69, 9.17) is 23.2 Å². The third kappa shape index (κ3) is 3.59. The van der Waals surface area contributed by atoms with E-state index in [1.165, 1.54) is 0 Å². The van der Waals surface area contributed by atoms with Crippen molar-refractivity contribution < 1.29 is 0 Å². The molecule has 0 saturated heterocycles. The van der Waals surface area contributed by atoms with Crippen molar-refractivity contribution in [3.05, 3.63) is 33.8 Å². The zero-order valence-electron chi connectivity index (χ0n) is 7.90. The molecule has 0 aliphatic carbocycles. The Balaban J connectivity index is 2.66. The average molecular weight is 228 g/mol. The summed E-state index contributed by atoms with van der Waals surface area (Å²) in [7, 11) is 1.90. The van der Waals surface area contributed by atoms with Crippen LogP contribution >= 0.6 is 23.2 Å². The molecule has 1 nitrogen and oxygen atoms in total. The van der Waals surface area contributed by atoms with Crippen LogP contribution in [-0.2, 0) is 0 Å². The van der Waals surface area contributed by atoms with Crippen LogP contribution in [0.4, 0.5) is 0 Å². The summed E-state index contributed by atoms with van der Waals surface area (Å²) >= 11 is 11.6. The highest BCUT2D eigenvalue weighted by molar-refractivity contribution is 6.42. The summed E-state index contributed by atoms with van der Waals surface area (Å²) in [5.41, 5.74) is 0.899. The summed E-state index contributed by atoms with van der Waals surface area (Å²) in [4.78, 5) is 0. The SMILES string of the molecule is CNCCC#Cc1ccc(Cl)c(Cl)c1. The average Bonchev–Trinajstić information content (AvgIpc) is 2.18. The predicted octanol–water partition coefficient (Wildman–Crippen LogP) is 2.95. The quantitative estimate of drug-likeness (QED) is 0.606. The molecule has 1 rings (SSSR count). The van der Waals surface area contributed by atoms with Crippen LogP contribution in [0.15, 0.2) is 18.2 Å². The van der Waals surface area contributed by atoms with E-state index in [0.29, 0.717) is 10.0 Å². The van der Waals surface area contributed by atoms with Crippen molar-refractivity contribution in [2.24, 2.45) is 0 Å². The maximum Gasteiger partial charge on any atom is 0.0604 e. The number of hydrogen-bond donors (Lipinski definition) is 1. The van der Waals surface area contributed by atoms with Crippen LogP contribution in [0.2, 0.25) is 10.0 Å². The van der Waals surface area contributed by atoms with Crippen LogP contribution < -0.4 is 5.32 Å². The van der Waals surface area contributed by atoms with E-state index >= 15 is 0 Å². The molecule has 0 atom stereocenters. The summed E-state index contributed by atoms with van der Waals surface area (Å²) in [6.07, 6.45) is 0.830. The zero-order chi connectivity index (χ0) is 10.4. The van der Waals surface area contributed by atoms with Crippen LogP contribution in [0.1, 0.15) is 12.0 Å². The van der Waals surface area contributed by atoms with Crippen LogP contribution in [0.5, 0.6) is 0 Å². The van der Waals surface area contributed by atoms with Gasteiger partial charge in [-0.15, -0.1) is 0 Å². The first-order chi connectivity index (χ1) is 6.74. The molecule has 0 bridgehead atoms. The fourth-order valence-electron chi connectivity index (χ4n) is 0.926. The summed E-state index contributed by atoms with van der Waals surface area (Å²) in [6.45, 7) is 0.897. The third-order valence-corrected chi connectivity index (χ3v) is 2.39. The molecule has 0 amide bonds. The van der Waals surface area contributed by atoms with Crippen molar-refractivity contribution in [3.63, 3.8) is 0 Å². The maximum absolute atomic E-state index is 5.84. The van der Waals surface area contributed by atoms with Crippen LogP contribution in [-0.4, -0.2) is 13.6 Å². The van der Waals surface area contributed by atoms with Gasteiger partial charge >= 0.3 is 0 Å². The van der Waals surface area contributed by atoms with Gasteiger partial charge in [0.25, 0.3) is 0 Å². The molecule has 0 saturated carbocycles. The van der Waals surface area contributed by atoms with Crippen LogP contribution in [0.3, 0.4) is 0 Å². The third-order valence-electron chi connectivity index (χ3n) is 1.65. The van der Waals surface area contributed by atoms with Crippen LogP contribution in [0, 0.1) is 11.8 Å². The van der Waals surface area contributed by atoms with E-state index in [2.05, 4.69) is 17.2 Å². The Hall–Kier alpha value is -0.680. The molecule has 0 radical (unpaired) electrons. The summed E-state index contributed by atoms with van der Waals surface area (Å²) < 4.78 is 0. The van der Waals surface area contributed by atoms with Gasteiger partial charge in [0, 0.05) is 18.5 Å². The lowest BCUT2D eigenvalue weighted by atomic mass is 10.2. The molecule has 74 valence electrons. The Morgan fingerprint density at radius 3 is 2.71 bits per heavy atom. The van der Waals surface area contributed by atoms with E-state index in [1.807, 2.05) is 13.1 Å². The summed E-state index contributed by atoms with van der Waals surface area (Å²) in [5, 5.41) is 4.14. The Bertz CT molecular complexity index is 363. The van der Waals surface area contributed by atoms with Gasteiger partial charge in [0.2, 0.25) is 0 Å². The van der Waals surface area contributed by atoms with E-state index in [9.17, 15) is 0 Å². The molecule has 1 aromatic rings. The largest absolute Gasteiger partial charge is 0.319 e. The van der Waals surface area contributed by atoms with Gasteiger partial charge in [-0.3, -0.25) is 0 Å². The maximum atomic E-state index is 5.84. The topological polar surface area (TPSA) is 12.0 Å². The molecular weight excluding hydrogens is 217 g/mol. The second kappa shape index (κ2) is 5.93. The fraction of sp³-hybridized carbons (Fsp3) is 0.273. The van der Waals surface area contributed by atoms with Crippen LogP contribution in [0.25, 0.3) is 0 Å². The minimum Gasteiger partial charge on any atom is -0.319 e. The number of hydrogen-bond acceptors (Lipinski definition) is 1. The van der Waals surface area contributed by atoms with Crippen molar-refractivity contribution in [1.29, 1.82) is 0 Å². The monoisotopic (exact) mass is 227 g/mol. The molecule has 1 N–H and O–H groups in total. The molecule has 0 aromatic heterocycles. The van der Waals surface area contributed by atoms with E-state index in [0.717, 1.165) is 18.5 Å². The van der Waals surface area contributed by atoms with E-state index < -0.39 is 0 Å². The van der Waals surface area contributed by atoms with Gasteiger partial charge in [-0.1, -0.05) is 35.0 Å². The van der Waals surface area contributed by atoms with Gasteiger partial charge in [-0.2, -0.15) is 0 Å². The van der Waals surface area contributed by atoms with E-state index in [1.54, 1.807) is 12.1 Å². The number of halogens is 2. The van der Waals surface area contributed by atoms with Gasteiger partial charge in [0.15, 0.2) is 0 Å². The molecule has 1 aromatic carbocycles. The molecule has 0 aliphatic rings. The molecule has 14 heavy (non-hydrogen) atoms. The van der Waals surface area contributed by atoms with Gasteiger partial charge in [0.05, 0.1) is 10.0 Å².